The van der Waals surface area contributed by atoms with E-state index in [9.17, 15) is 4.79 Å². The summed E-state index contributed by atoms with van der Waals surface area (Å²) in [6.45, 7) is 1.10. The lowest BCUT2D eigenvalue weighted by Gasteiger charge is -2.17. The first-order valence-corrected chi connectivity index (χ1v) is 7.30. The number of benzene rings is 1. The summed E-state index contributed by atoms with van der Waals surface area (Å²) in [7, 11) is 1.78. The minimum atomic E-state index is -0.0469. The Kier molecular flexibility index (Phi) is 5.15. The Labute approximate surface area is 122 Å². The van der Waals surface area contributed by atoms with Crippen molar-refractivity contribution in [1.29, 1.82) is 0 Å². The molecule has 0 aliphatic heterocycles. The second-order valence-electron chi connectivity index (χ2n) is 4.52. The van der Waals surface area contributed by atoms with Crippen molar-refractivity contribution in [1.82, 2.24) is 4.90 Å². The van der Waals surface area contributed by atoms with Crippen LogP contribution in [0.4, 0.5) is 0 Å². The van der Waals surface area contributed by atoms with Gasteiger partial charge in [0.2, 0.25) is 0 Å². The summed E-state index contributed by atoms with van der Waals surface area (Å²) in [4.78, 5) is 13.6. The van der Waals surface area contributed by atoms with E-state index in [1.807, 2.05) is 41.1 Å². The molecule has 0 unspecified atom stereocenters. The quantitative estimate of drug-likeness (QED) is 0.887. The molecular weight excluding hydrogens is 272 g/mol. The third-order valence-electron chi connectivity index (χ3n) is 2.92. The van der Waals surface area contributed by atoms with Gasteiger partial charge in [-0.05, 0) is 40.1 Å². The largest absolute Gasteiger partial charge is 0.484 e. The van der Waals surface area contributed by atoms with E-state index < -0.39 is 0 Å². The second-order valence-corrected chi connectivity index (χ2v) is 5.30. The predicted octanol–water partition coefficient (Wildman–Crippen LogP) is 2.24. The van der Waals surface area contributed by atoms with Crippen molar-refractivity contribution in [3.63, 3.8) is 0 Å². The minimum Gasteiger partial charge on any atom is -0.484 e. The van der Waals surface area contributed by atoms with Crippen molar-refractivity contribution < 1.29 is 9.53 Å². The van der Waals surface area contributed by atoms with Gasteiger partial charge in [0.15, 0.2) is 6.61 Å². The molecule has 0 spiro atoms. The standard InChI is InChI=1S/C15H18N2O2S/c1-17(9-13-5-6-20-11-13)15(18)10-19-14-4-2-3-12(7-14)8-16/h2-7,11H,8-10,16H2,1H3. The van der Waals surface area contributed by atoms with Crippen LogP contribution in [-0.2, 0) is 17.9 Å². The number of thiophene rings is 1. The summed E-state index contributed by atoms with van der Waals surface area (Å²) in [6.07, 6.45) is 0. The first-order valence-electron chi connectivity index (χ1n) is 6.36. The molecule has 0 fully saturated rings. The van der Waals surface area contributed by atoms with Gasteiger partial charge in [-0.2, -0.15) is 11.3 Å². The van der Waals surface area contributed by atoms with E-state index in [0.717, 1.165) is 11.1 Å². The number of likely N-dealkylation sites (N-methyl/N-ethyl adjacent to an activating group) is 1. The zero-order chi connectivity index (χ0) is 14.4. The number of amides is 1. The fourth-order valence-electron chi connectivity index (χ4n) is 1.76. The van der Waals surface area contributed by atoms with Gasteiger partial charge in [0.1, 0.15) is 5.75 Å². The first-order chi connectivity index (χ1) is 9.69. The zero-order valence-electron chi connectivity index (χ0n) is 11.4. The molecule has 4 nitrogen and oxygen atoms in total. The molecule has 0 radical (unpaired) electrons. The number of hydrogen-bond acceptors (Lipinski definition) is 4. The van der Waals surface area contributed by atoms with Crippen molar-refractivity contribution in [2.24, 2.45) is 5.73 Å². The number of nitrogens with zero attached hydrogens (tertiary/aromatic N) is 1. The maximum Gasteiger partial charge on any atom is 0.260 e. The van der Waals surface area contributed by atoms with Gasteiger partial charge in [0, 0.05) is 20.1 Å². The molecule has 0 bridgehead atoms. The van der Waals surface area contributed by atoms with Crippen LogP contribution < -0.4 is 10.5 Å². The number of carbonyl (C=O) groups excluding carboxylic acids is 1. The number of nitrogens with two attached hydrogens (primary N) is 1. The van der Waals surface area contributed by atoms with Crippen LogP contribution in [-0.4, -0.2) is 24.5 Å². The Morgan fingerprint density at radius 2 is 2.20 bits per heavy atom. The van der Waals surface area contributed by atoms with Crippen molar-refractivity contribution >= 4 is 17.2 Å². The van der Waals surface area contributed by atoms with Crippen molar-refractivity contribution in [3.8, 4) is 5.75 Å². The molecule has 1 amide bonds. The van der Waals surface area contributed by atoms with Gasteiger partial charge in [-0.1, -0.05) is 12.1 Å². The SMILES string of the molecule is CN(Cc1ccsc1)C(=O)COc1cccc(CN)c1. The van der Waals surface area contributed by atoms with E-state index in [1.165, 1.54) is 0 Å². The van der Waals surface area contributed by atoms with Crippen LogP contribution in [0.2, 0.25) is 0 Å². The zero-order valence-corrected chi connectivity index (χ0v) is 12.2. The van der Waals surface area contributed by atoms with E-state index >= 15 is 0 Å². The Morgan fingerprint density at radius 3 is 2.90 bits per heavy atom. The number of hydrogen-bond donors (Lipinski definition) is 1. The molecule has 0 atom stereocenters. The van der Waals surface area contributed by atoms with E-state index in [4.69, 9.17) is 10.5 Å². The fraction of sp³-hybridized carbons (Fsp3) is 0.267. The fourth-order valence-corrected chi connectivity index (χ4v) is 2.42. The highest BCUT2D eigenvalue weighted by molar-refractivity contribution is 7.07. The average Bonchev–Trinajstić information content (AvgIpc) is 2.97. The topological polar surface area (TPSA) is 55.6 Å². The monoisotopic (exact) mass is 290 g/mol. The van der Waals surface area contributed by atoms with Crippen LogP contribution in [0.25, 0.3) is 0 Å². The molecule has 0 aliphatic carbocycles. The Hall–Kier alpha value is -1.85. The maximum atomic E-state index is 12.0. The van der Waals surface area contributed by atoms with Gasteiger partial charge in [-0.15, -0.1) is 0 Å². The number of rotatable bonds is 6. The lowest BCUT2D eigenvalue weighted by Crippen LogP contribution is -2.30. The minimum absolute atomic E-state index is 0.0364. The molecule has 0 saturated carbocycles. The molecule has 0 aliphatic rings. The molecular formula is C15H18N2O2S. The van der Waals surface area contributed by atoms with Crippen LogP contribution in [0.1, 0.15) is 11.1 Å². The van der Waals surface area contributed by atoms with Crippen LogP contribution in [0.5, 0.6) is 5.75 Å². The highest BCUT2D eigenvalue weighted by Crippen LogP contribution is 2.13. The highest BCUT2D eigenvalue weighted by Gasteiger charge is 2.10. The van der Waals surface area contributed by atoms with Crippen LogP contribution in [0.3, 0.4) is 0 Å². The Bertz CT molecular complexity index is 555. The first kappa shape index (κ1) is 14.6. The van der Waals surface area contributed by atoms with Crippen molar-refractivity contribution in [2.45, 2.75) is 13.1 Å². The number of carbonyl (C=O) groups is 1. The summed E-state index contributed by atoms with van der Waals surface area (Å²) >= 11 is 1.63. The molecule has 2 aromatic rings. The number of ether oxygens (including phenoxy) is 1. The molecule has 1 aromatic carbocycles. The second kappa shape index (κ2) is 7.07. The highest BCUT2D eigenvalue weighted by atomic mass is 32.1. The summed E-state index contributed by atoms with van der Waals surface area (Å²) in [5.74, 6) is 0.625. The van der Waals surface area contributed by atoms with Gasteiger partial charge < -0.3 is 15.4 Å². The van der Waals surface area contributed by atoms with Gasteiger partial charge in [-0.25, -0.2) is 0 Å². The smallest absolute Gasteiger partial charge is 0.260 e. The van der Waals surface area contributed by atoms with Crippen molar-refractivity contribution in [3.05, 3.63) is 52.2 Å². The molecule has 20 heavy (non-hydrogen) atoms. The van der Waals surface area contributed by atoms with E-state index in [1.54, 1.807) is 23.3 Å². The normalized spacial score (nSPS) is 10.3. The van der Waals surface area contributed by atoms with Gasteiger partial charge in [-0.3, -0.25) is 4.79 Å². The Balaban J connectivity index is 1.84. The van der Waals surface area contributed by atoms with E-state index in [2.05, 4.69) is 0 Å². The van der Waals surface area contributed by atoms with E-state index in [-0.39, 0.29) is 12.5 Å². The molecule has 2 N–H and O–H groups in total. The lowest BCUT2D eigenvalue weighted by atomic mass is 10.2. The molecule has 106 valence electrons. The average molecular weight is 290 g/mol. The van der Waals surface area contributed by atoms with Crippen LogP contribution in [0.15, 0.2) is 41.1 Å². The summed E-state index contributed by atoms with van der Waals surface area (Å²) in [6, 6.07) is 9.49. The maximum absolute atomic E-state index is 12.0. The van der Waals surface area contributed by atoms with Crippen LogP contribution in [0, 0.1) is 0 Å². The van der Waals surface area contributed by atoms with Crippen LogP contribution >= 0.6 is 11.3 Å². The van der Waals surface area contributed by atoms with Gasteiger partial charge >= 0.3 is 0 Å². The summed E-state index contributed by atoms with van der Waals surface area (Å²) in [5, 5.41) is 4.04. The lowest BCUT2D eigenvalue weighted by molar-refractivity contribution is -0.132. The molecule has 1 aromatic heterocycles. The van der Waals surface area contributed by atoms with Gasteiger partial charge in [0.05, 0.1) is 0 Å². The third-order valence-corrected chi connectivity index (χ3v) is 3.65. The van der Waals surface area contributed by atoms with Crippen molar-refractivity contribution in [2.75, 3.05) is 13.7 Å². The van der Waals surface area contributed by atoms with E-state index in [0.29, 0.717) is 18.8 Å². The molecule has 0 saturated heterocycles. The Morgan fingerprint density at radius 1 is 1.35 bits per heavy atom. The molecule has 1 heterocycles. The van der Waals surface area contributed by atoms with Gasteiger partial charge in [0.25, 0.3) is 5.91 Å². The molecule has 5 heteroatoms. The third kappa shape index (κ3) is 4.08. The summed E-state index contributed by atoms with van der Waals surface area (Å²) in [5.41, 5.74) is 7.69. The molecule has 2 rings (SSSR count). The predicted molar refractivity (Wildman–Crippen MR) is 80.6 cm³/mol. The summed E-state index contributed by atoms with van der Waals surface area (Å²) < 4.78 is 5.51.